The standard InChI is InChI=1S/C25H23N3O2/c1-16(25(30)28(2)3)26-24(29)21-15-23(27-22-14-7-6-12-20(21)22)19-13-8-10-17-9-4-5-11-18(17)19/h4-16H,1-3H3,(H,26,29). The van der Waals surface area contributed by atoms with E-state index in [-0.39, 0.29) is 11.8 Å². The molecule has 150 valence electrons. The third-order valence-electron chi connectivity index (χ3n) is 5.19. The van der Waals surface area contributed by atoms with Crippen LogP contribution in [0.1, 0.15) is 17.3 Å². The molecule has 5 heteroatoms. The predicted molar refractivity (Wildman–Crippen MR) is 120 cm³/mol. The first kappa shape index (κ1) is 19.6. The Hall–Kier alpha value is -3.73. The third-order valence-corrected chi connectivity index (χ3v) is 5.19. The number of nitrogens with zero attached hydrogens (tertiary/aromatic N) is 2. The average molecular weight is 397 g/mol. The van der Waals surface area contributed by atoms with E-state index < -0.39 is 6.04 Å². The highest BCUT2D eigenvalue weighted by Crippen LogP contribution is 2.30. The summed E-state index contributed by atoms with van der Waals surface area (Å²) in [4.78, 5) is 31.6. The van der Waals surface area contributed by atoms with Crippen molar-refractivity contribution < 1.29 is 9.59 Å². The quantitative estimate of drug-likeness (QED) is 0.560. The number of hydrogen-bond acceptors (Lipinski definition) is 3. The lowest BCUT2D eigenvalue weighted by molar-refractivity contribution is -0.130. The number of carbonyl (C=O) groups is 2. The highest BCUT2D eigenvalue weighted by atomic mass is 16.2. The van der Waals surface area contributed by atoms with Gasteiger partial charge in [0.25, 0.3) is 5.91 Å². The van der Waals surface area contributed by atoms with Gasteiger partial charge in [-0.05, 0) is 29.8 Å². The highest BCUT2D eigenvalue weighted by molar-refractivity contribution is 6.09. The van der Waals surface area contributed by atoms with Crippen LogP contribution in [0.5, 0.6) is 0 Å². The van der Waals surface area contributed by atoms with Crippen LogP contribution in [0.25, 0.3) is 32.9 Å². The Bertz CT molecular complexity index is 1260. The molecule has 3 aromatic carbocycles. The largest absolute Gasteiger partial charge is 0.347 e. The second kappa shape index (κ2) is 7.95. The fourth-order valence-corrected chi connectivity index (χ4v) is 3.67. The highest BCUT2D eigenvalue weighted by Gasteiger charge is 2.20. The van der Waals surface area contributed by atoms with Gasteiger partial charge in [0.1, 0.15) is 6.04 Å². The van der Waals surface area contributed by atoms with Gasteiger partial charge in [-0.3, -0.25) is 9.59 Å². The Kier molecular flexibility index (Phi) is 5.19. The molecule has 0 aliphatic rings. The second-order valence-corrected chi connectivity index (χ2v) is 7.53. The number of aromatic nitrogens is 1. The minimum Gasteiger partial charge on any atom is -0.347 e. The molecule has 0 spiro atoms. The lowest BCUT2D eigenvalue weighted by Gasteiger charge is -2.19. The summed E-state index contributed by atoms with van der Waals surface area (Å²) in [5.74, 6) is -0.450. The molecule has 4 aromatic rings. The number of rotatable bonds is 4. The number of fused-ring (bicyclic) bond motifs is 2. The first-order valence-corrected chi connectivity index (χ1v) is 9.85. The molecule has 1 unspecified atom stereocenters. The molecule has 4 rings (SSSR count). The van der Waals surface area contributed by atoms with Gasteiger partial charge in [-0.1, -0.05) is 60.7 Å². The smallest absolute Gasteiger partial charge is 0.252 e. The number of nitrogens with one attached hydrogen (secondary N) is 1. The molecule has 2 amide bonds. The van der Waals surface area contributed by atoms with Crippen LogP contribution in [0.2, 0.25) is 0 Å². The minimum absolute atomic E-state index is 0.156. The third kappa shape index (κ3) is 3.62. The maximum Gasteiger partial charge on any atom is 0.252 e. The molecule has 0 radical (unpaired) electrons. The Morgan fingerprint density at radius 1 is 0.900 bits per heavy atom. The predicted octanol–water partition coefficient (Wildman–Crippen LogP) is 4.26. The Labute approximate surface area is 175 Å². The van der Waals surface area contributed by atoms with Gasteiger partial charge in [0.15, 0.2) is 0 Å². The number of pyridine rings is 1. The Morgan fingerprint density at radius 2 is 1.57 bits per heavy atom. The zero-order valence-corrected chi connectivity index (χ0v) is 17.2. The first-order chi connectivity index (χ1) is 14.5. The Balaban J connectivity index is 1.84. The van der Waals surface area contributed by atoms with Gasteiger partial charge in [-0.15, -0.1) is 0 Å². The van der Waals surface area contributed by atoms with Crippen molar-refractivity contribution in [2.75, 3.05) is 14.1 Å². The number of para-hydroxylation sites is 1. The van der Waals surface area contributed by atoms with Crippen LogP contribution in [-0.4, -0.2) is 41.8 Å². The summed E-state index contributed by atoms with van der Waals surface area (Å²) in [6.45, 7) is 1.69. The summed E-state index contributed by atoms with van der Waals surface area (Å²) in [5, 5.41) is 5.77. The molecule has 0 saturated carbocycles. The molecular formula is C25H23N3O2. The maximum atomic E-state index is 13.1. The van der Waals surface area contributed by atoms with Crippen LogP contribution in [-0.2, 0) is 4.79 Å². The SMILES string of the molecule is CC(NC(=O)c1cc(-c2cccc3ccccc23)nc2ccccc12)C(=O)N(C)C. The van der Waals surface area contributed by atoms with Gasteiger partial charge in [-0.2, -0.15) is 0 Å². The van der Waals surface area contributed by atoms with E-state index in [4.69, 9.17) is 4.98 Å². The van der Waals surface area contributed by atoms with Crippen molar-refractivity contribution >= 4 is 33.5 Å². The van der Waals surface area contributed by atoms with E-state index in [1.165, 1.54) is 4.90 Å². The van der Waals surface area contributed by atoms with Crippen molar-refractivity contribution in [1.29, 1.82) is 0 Å². The van der Waals surface area contributed by atoms with E-state index >= 15 is 0 Å². The van der Waals surface area contributed by atoms with Crippen molar-refractivity contribution in [3.63, 3.8) is 0 Å². The van der Waals surface area contributed by atoms with Crippen molar-refractivity contribution in [1.82, 2.24) is 15.2 Å². The number of hydrogen-bond donors (Lipinski definition) is 1. The van der Waals surface area contributed by atoms with Crippen LogP contribution in [0.4, 0.5) is 0 Å². The zero-order valence-electron chi connectivity index (χ0n) is 17.2. The molecule has 30 heavy (non-hydrogen) atoms. The number of benzene rings is 3. The molecule has 0 fully saturated rings. The summed E-state index contributed by atoms with van der Waals surface area (Å²) < 4.78 is 0. The monoisotopic (exact) mass is 397 g/mol. The minimum atomic E-state index is -0.625. The average Bonchev–Trinajstić information content (AvgIpc) is 2.77. The fraction of sp³-hybridized carbons (Fsp3) is 0.160. The van der Waals surface area contributed by atoms with Crippen LogP contribution < -0.4 is 5.32 Å². The fourth-order valence-electron chi connectivity index (χ4n) is 3.67. The zero-order chi connectivity index (χ0) is 21.3. The van der Waals surface area contributed by atoms with Gasteiger partial charge in [-0.25, -0.2) is 4.98 Å². The van der Waals surface area contributed by atoms with E-state index in [0.29, 0.717) is 5.56 Å². The van der Waals surface area contributed by atoms with Gasteiger partial charge in [0.2, 0.25) is 5.91 Å². The molecule has 1 N–H and O–H groups in total. The van der Waals surface area contributed by atoms with Gasteiger partial charge >= 0.3 is 0 Å². The van der Waals surface area contributed by atoms with E-state index in [9.17, 15) is 9.59 Å². The van der Waals surface area contributed by atoms with Crippen molar-refractivity contribution in [3.8, 4) is 11.3 Å². The van der Waals surface area contributed by atoms with E-state index in [2.05, 4.69) is 23.5 Å². The maximum absolute atomic E-state index is 13.1. The van der Waals surface area contributed by atoms with Gasteiger partial charge in [0.05, 0.1) is 16.8 Å². The molecular weight excluding hydrogens is 374 g/mol. The molecule has 0 aliphatic heterocycles. The molecule has 1 atom stereocenters. The van der Waals surface area contributed by atoms with E-state index in [0.717, 1.165) is 32.9 Å². The molecule has 5 nitrogen and oxygen atoms in total. The van der Waals surface area contributed by atoms with Crippen LogP contribution >= 0.6 is 0 Å². The lowest BCUT2D eigenvalue weighted by Crippen LogP contribution is -2.44. The summed E-state index contributed by atoms with van der Waals surface area (Å²) in [5.41, 5.74) is 2.93. The van der Waals surface area contributed by atoms with Crippen molar-refractivity contribution in [3.05, 3.63) is 78.4 Å². The molecule has 0 aliphatic carbocycles. The summed E-state index contributed by atoms with van der Waals surface area (Å²) in [6.07, 6.45) is 0. The Morgan fingerprint density at radius 3 is 2.33 bits per heavy atom. The van der Waals surface area contributed by atoms with Gasteiger partial charge in [0, 0.05) is 25.0 Å². The number of amides is 2. The molecule has 0 bridgehead atoms. The number of likely N-dealkylation sites (N-methyl/N-ethyl adjacent to an activating group) is 1. The van der Waals surface area contributed by atoms with Crippen molar-refractivity contribution in [2.24, 2.45) is 0 Å². The van der Waals surface area contributed by atoms with E-state index in [1.807, 2.05) is 54.6 Å². The summed E-state index contributed by atoms with van der Waals surface area (Å²) >= 11 is 0. The van der Waals surface area contributed by atoms with E-state index in [1.54, 1.807) is 21.0 Å². The van der Waals surface area contributed by atoms with Crippen molar-refractivity contribution in [2.45, 2.75) is 13.0 Å². The summed E-state index contributed by atoms with van der Waals surface area (Å²) in [7, 11) is 3.34. The summed E-state index contributed by atoms with van der Waals surface area (Å²) in [6, 6.07) is 22.9. The van der Waals surface area contributed by atoms with Crippen LogP contribution in [0.15, 0.2) is 72.8 Å². The first-order valence-electron chi connectivity index (χ1n) is 9.85. The number of carbonyl (C=O) groups excluding carboxylic acids is 2. The van der Waals surface area contributed by atoms with Gasteiger partial charge < -0.3 is 10.2 Å². The second-order valence-electron chi connectivity index (χ2n) is 7.53. The molecule has 0 saturated heterocycles. The van der Waals surface area contributed by atoms with Crippen LogP contribution in [0, 0.1) is 0 Å². The normalized spacial score (nSPS) is 12.0. The van der Waals surface area contributed by atoms with Crippen LogP contribution in [0.3, 0.4) is 0 Å². The lowest BCUT2D eigenvalue weighted by atomic mass is 9.99. The molecule has 1 aromatic heterocycles. The molecule has 1 heterocycles. The topological polar surface area (TPSA) is 62.3 Å².